The minimum atomic E-state index is -3.57. The summed E-state index contributed by atoms with van der Waals surface area (Å²) in [4.78, 5) is 11.8. The number of carbonyl (C=O) groups is 1. The lowest BCUT2D eigenvalue weighted by Crippen LogP contribution is -2.35. The predicted octanol–water partition coefficient (Wildman–Crippen LogP) is 1.82. The molecule has 18 heavy (non-hydrogen) atoms. The minimum Gasteiger partial charge on any atom is -0.274 e. The smallest absolute Gasteiger partial charge is 0.239 e. The maximum atomic E-state index is 11.8. The number of rotatable bonds is 4. The third-order valence-electron chi connectivity index (χ3n) is 3.18. The van der Waals surface area contributed by atoms with Crippen molar-refractivity contribution in [3.63, 3.8) is 0 Å². The topological polar surface area (TPSA) is 63.2 Å². The van der Waals surface area contributed by atoms with Crippen LogP contribution in [0.4, 0.5) is 0 Å². The molecule has 1 amide bonds. The van der Waals surface area contributed by atoms with Gasteiger partial charge < -0.3 is 0 Å². The summed E-state index contributed by atoms with van der Waals surface area (Å²) < 4.78 is 25.9. The number of hydrogen-bond donors (Lipinski definition) is 1. The largest absolute Gasteiger partial charge is 0.274 e. The van der Waals surface area contributed by atoms with Crippen LogP contribution >= 0.6 is 0 Å². The lowest BCUT2D eigenvalue weighted by Gasteiger charge is -2.10. The quantitative estimate of drug-likeness (QED) is 0.905. The van der Waals surface area contributed by atoms with E-state index >= 15 is 0 Å². The van der Waals surface area contributed by atoms with Crippen molar-refractivity contribution in [3.8, 4) is 0 Å². The molecule has 0 atom stereocenters. The van der Waals surface area contributed by atoms with E-state index < -0.39 is 10.0 Å². The molecule has 1 fully saturated rings. The second-order valence-corrected chi connectivity index (χ2v) is 6.41. The van der Waals surface area contributed by atoms with Crippen molar-refractivity contribution in [2.75, 3.05) is 0 Å². The first-order valence-corrected chi connectivity index (χ1v) is 7.80. The molecule has 5 heteroatoms. The molecule has 0 radical (unpaired) electrons. The van der Waals surface area contributed by atoms with Gasteiger partial charge in [0.25, 0.3) is 0 Å². The molecule has 1 saturated carbocycles. The third kappa shape index (κ3) is 3.57. The van der Waals surface area contributed by atoms with Gasteiger partial charge in [-0.25, -0.2) is 8.42 Å². The Kier molecular flexibility index (Phi) is 4.01. The van der Waals surface area contributed by atoms with Gasteiger partial charge in [0, 0.05) is 5.92 Å². The highest BCUT2D eigenvalue weighted by atomic mass is 32.2. The van der Waals surface area contributed by atoms with Gasteiger partial charge in [0.2, 0.25) is 15.9 Å². The first-order chi connectivity index (χ1) is 8.57. The molecule has 4 nitrogen and oxygen atoms in total. The highest BCUT2D eigenvalue weighted by Gasteiger charge is 2.26. The van der Waals surface area contributed by atoms with Crippen molar-refractivity contribution in [3.05, 3.63) is 35.9 Å². The molecule has 0 heterocycles. The van der Waals surface area contributed by atoms with Gasteiger partial charge in [-0.2, -0.15) is 0 Å². The van der Waals surface area contributed by atoms with Crippen LogP contribution in [0.5, 0.6) is 0 Å². The molecule has 0 bridgehead atoms. The molecular formula is C13H17NO3S. The average molecular weight is 267 g/mol. The van der Waals surface area contributed by atoms with Crippen molar-refractivity contribution in [2.45, 2.75) is 31.4 Å². The third-order valence-corrected chi connectivity index (χ3v) is 4.41. The number of nitrogens with one attached hydrogen (secondary N) is 1. The molecule has 0 saturated heterocycles. The summed E-state index contributed by atoms with van der Waals surface area (Å²) in [6, 6.07) is 8.86. The van der Waals surface area contributed by atoms with Crippen LogP contribution < -0.4 is 4.72 Å². The van der Waals surface area contributed by atoms with E-state index in [0.717, 1.165) is 25.7 Å². The summed E-state index contributed by atoms with van der Waals surface area (Å²) in [7, 11) is -3.57. The SMILES string of the molecule is O=C(NS(=O)(=O)Cc1ccccc1)C1CCCC1. The first kappa shape index (κ1) is 13.1. The Balaban J connectivity index is 1.97. The second kappa shape index (κ2) is 5.52. The molecule has 1 N–H and O–H groups in total. The Hall–Kier alpha value is -1.36. The normalized spacial score (nSPS) is 16.7. The van der Waals surface area contributed by atoms with E-state index in [2.05, 4.69) is 4.72 Å². The molecule has 0 aromatic heterocycles. The van der Waals surface area contributed by atoms with Crippen LogP contribution in [-0.4, -0.2) is 14.3 Å². The van der Waals surface area contributed by atoms with E-state index in [1.807, 2.05) is 6.07 Å². The number of amides is 1. The highest BCUT2D eigenvalue weighted by Crippen LogP contribution is 2.24. The van der Waals surface area contributed by atoms with Gasteiger partial charge in [-0.3, -0.25) is 9.52 Å². The molecule has 1 aliphatic carbocycles. The van der Waals surface area contributed by atoms with Gasteiger partial charge in [0.1, 0.15) is 0 Å². The number of hydrogen-bond acceptors (Lipinski definition) is 3. The van der Waals surface area contributed by atoms with E-state index in [0.29, 0.717) is 5.56 Å². The van der Waals surface area contributed by atoms with E-state index in [4.69, 9.17) is 0 Å². The van der Waals surface area contributed by atoms with E-state index in [9.17, 15) is 13.2 Å². The number of carbonyl (C=O) groups excluding carboxylic acids is 1. The number of benzene rings is 1. The van der Waals surface area contributed by atoms with Crippen molar-refractivity contribution in [1.82, 2.24) is 4.72 Å². The zero-order valence-corrected chi connectivity index (χ0v) is 10.9. The van der Waals surface area contributed by atoms with Gasteiger partial charge in [0.15, 0.2) is 0 Å². The maximum absolute atomic E-state index is 11.8. The van der Waals surface area contributed by atoms with Gasteiger partial charge in [0.05, 0.1) is 5.75 Å². The van der Waals surface area contributed by atoms with Crippen LogP contribution in [0, 0.1) is 5.92 Å². The van der Waals surface area contributed by atoms with Crippen molar-refractivity contribution >= 4 is 15.9 Å². The summed E-state index contributed by atoms with van der Waals surface area (Å²) in [5.41, 5.74) is 0.684. The van der Waals surface area contributed by atoms with Crippen LogP contribution in [0.25, 0.3) is 0 Å². The van der Waals surface area contributed by atoms with E-state index in [1.54, 1.807) is 24.3 Å². The Morgan fingerprint density at radius 3 is 2.39 bits per heavy atom. The summed E-state index contributed by atoms with van der Waals surface area (Å²) in [5, 5.41) is 0. The van der Waals surface area contributed by atoms with Crippen LogP contribution in [0.1, 0.15) is 31.2 Å². The summed E-state index contributed by atoms with van der Waals surface area (Å²) >= 11 is 0. The molecule has 2 rings (SSSR count). The molecule has 98 valence electrons. The van der Waals surface area contributed by atoms with Crippen molar-refractivity contribution < 1.29 is 13.2 Å². The van der Waals surface area contributed by atoms with Crippen LogP contribution in [0.2, 0.25) is 0 Å². The number of sulfonamides is 1. The van der Waals surface area contributed by atoms with Crippen LogP contribution in [0.15, 0.2) is 30.3 Å². The standard InChI is InChI=1S/C13H17NO3S/c15-13(12-8-4-5-9-12)14-18(16,17)10-11-6-2-1-3-7-11/h1-3,6-7,12H,4-5,8-10H2,(H,14,15). The molecule has 1 aliphatic rings. The molecule has 0 unspecified atom stereocenters. The Bertz CT molecular complexity index is 504. The molecule has 0 spiro atoms. The van der Waals surface area contributed by atoms with Gasteiger partial charge in [-0.15, -0.1) is 0 Å². The fraction of sp³-hybridized carbons (Fsp3) is 0.462. The van der Waals surface area contributed by atoms with Gasteiger partial charge in [-0.05, 0) is 18.4 Å². The summed E-state index contributed by atoms with van der Waals surface area (Å²) in [5.74, 6) is -0.620. The lowest BCUT2D eigenvalue weighted by molar-refractivity contribution is -0.122. The highest BCUT2D eigenvalue weighted by molar-refractivity contribution is 7.89. The first-order valence-electron chi connectivity index (χ1n) is 6.15. The zero-order valence-electron chi connectivity index (χ0n) is 10.1. The molecule has 1 aromatic rings. The van der Waals surface area contributed by atoms with E-state index in [1.165, 1.54) is 0 Å². The monoisotopic (exact) mass is 267 g/mol. The van der Waals surface area contributed by atoms with Crippen molar-refractivity contribution in [1.29, 1.82) is 0 Å². The minimum absolute atomic E-state index is 0.129. The summed E-state index contributed by atoms with van der Waals surface area (Å²) in [6.45, 7) is 0. The van der Waals surface area contributed by atoms with Gasteiger partial charge >= 0.3 is 0 Å². The fourth-order valence-corrected chi connectivity index (χ4v) is 3.43. The Morgan fingerprint density at radius 1 is 1.17 bits per heavy atom. The zero-order chi connectivity index (χ0) is 13.0. The summed E-state index contributed by atoms with van der Waals surface area (Å²) in [6.07, 6.45) is 3.62. The molecular weight excluding hydrogens is 250 g/mol. The Morgan fingerprint density at radius 2 is 1.78 bits per heavy atom. The van der Waals surface area contributed by atoms with Crippen LogP contribution in [-0.2, 0) is 20.6 Å². The maximum Gasteiger partial charge on any atom is 0.239 e. The van der Waals surface area contributed by atoms with E-state index in [-0.39, 0.29) is 17.6 Å². The van der Waals surface area contributed by atoms with Crippen LogP contribution in [0.3, 0.4) is 0 Å². The molecule has 1 aromatic carbocycles. The Labute approximate surface area is 107 Å². The van der Waals surface area contributed by atoms with Gasteiger partial charge in [-0.1, -0.05) is 43.2 Å². The molecule has 0 aliphatic heterocycles. The average Bonchev–Trinajstić information content (AvgIpc) is 2.82. The fourth-order valence-electron chi connectivity index (χ4n) is 2.25. The van der Waals surface area contributed by atoms with Crippen molar-refractivity contribution in [2.24, 2.45) is 5.92 Å². The second-order valence-electron chi connectivity index (χ2n) is 4.69. The predicted molar refractivity (Wildman–Crippen MR) is 69.2 cm³/mol. The lowest BCUT2D eigenvalue weighted by atomic mass is 10.1.